The molecule has 0 N–H and O–H groups in total. The number of hydrogen-bond donors (Lipinski definition) is 0. The molecule has 2 nitrogen and oxygen atoms in total. The lowest BCUT2D eigenvalue weighted by atomic mass is 10.0. The highest BCUT2D eigenvalue weighted by Crippen LogP contribution is 2.25. The molecule has 0 unspecified atom stereocenters. The predicted molar refractivity (Wildman–Crippen MR) is 72.6 cm³/mol. The normalized spacial score (nSPS) is 10.8. The summed E-state index contributed by atoms with van der Waals surface area (Å²) < 4.78 is 19.5. The van der Waals surface area contributed by atoms with Crippen LogP contribution in [0.5, 0.6) is 0 Å². The number of halogens is 1. The summed E-state index contributed by atoms with van der Waals surface area (Å²) in [6, 6.07) is 13.2. The highest BCUT2D eigenvalue weighted by Gasteiger charge is 2.15. The summed E-state index contributed by atoms with van der Waals surface area (Å²) in [6.07, 6.45) is 0. The van der Waals surface area contributed by atoms with Gasteiger partial charge in [0.05, 0.1) is 10.9 Å². The van der Waals surface area contributed by atoms with E-state index in [1.165, 1.54) is 6.07 Å². The van der Waals surface area contributed by atoms with Crippen LogP contribution in [0, 0.1) is 12.7 Å². The average Bonchev–Trinajstić information content (AvgIpc) is 2.41. The highest BCUT2D eigenvalue weighted by atomic mass is 19.1. The molecule has 3 rings (SSSR count). The van der Waals surface area contributed by atoms with Crippen molar-refractivity contribution in [2.45, 2.75) is 6.92 Å². The van der Waals surface area contributed by atoms with Crippen molar-refractivity contribution in [3.05, 3.63) is 70.3 Å². The lowest BCUT2D eigenvalue weighted by Crippen LogP contribution is -2.08. The van der Waals surface area contributed by atoms with E-state index in [-0.39, 0.29) is 16.6 Å². The maximum Gasteiger partial charge on any atom is 0.200 e. The maximum absolute atomic E-state index is 13.9. The van der Waals surface area contributed by atoms with Crippen molar-refractivity contribution in [2.24, 2.45) is 0 Å². The zero-order valence-electron chi connectivity index (χ0n) is 10.3. The molecule has 0 spiro atoms. The van der Waals surface area contributed by atoms with Crippen LogP contribution in [0.3, 0.4) is 0 Å². The van der Waals surface area contributed by atoms with Gasteiger partial charge in [-0.1, -0.05) is 30.3 Å². The van der Waals surface area contributed by atoms with E-state index in [4.69, 9.17) is 4.42 Å². The third-order valence-electron chi connectivity index (χ3n) is 3.12. The molecule has 0 aliphatic carbocycles. The van der Waals surface area contributed by atoms with Crippen molar-refractivity contribution < 1.29 is 8.81 Å². The van der Waals surface area contributed by atoms with E-state index < -0.39 is 5.82 Å². The summed E-state index contributed by atoms with van der Waals surface area (Å²) in [5.41, 5.74) is 0.880. The SMILES string of the molecule is Cc1oc2ccccc2c(=O)c1-c1ccccc1F. The van der Waals surface area contributed by atoms with Crippen LogP contribution in [-0.2, 0) is 0 Å². The van der Waals surface area contributed by atoms with Crippen molar-refractivity contribution in [1.29, 1.82) is 0 Å². The van der Waals surface area contributed by atoms with Gasteiger partial charge in [0.15, 0.2) is 0 Å². The number of benzene rings is 2. The van der Waals surface area contributed by atoms with E-state index in [9.17, 15) is 9.18 Å². The van der Waals surface area contributed by atoms with Crippen LogP contribution in [0.4, 0.5) is 4.39 Å². The first-order valence-corrected chi connectivity index (χ1v) is 5.96. The molecule has 0 atom stereocenters. The van der Waals surface area contributed by atoms with Gasteiger partial charge in [-0.2, -0.15) is 0 Å². The maximum atomic E-state index is 13.9. The van der Waals surface area contributed by atoms with E-state index in [1.807, 2.05) is 0 Å². The Labute approximate surface area is 109 Å². The molecular formula is C16H11FO2. The van der Waals surface area contributed by atoms with Gasteiger partial charge in [-0.25, -0.2) is 4.39 Å². The van der Waals surface area contributed by atoms with Crippen molar-refractivity contribution in [3.63, 3.8) is 0 Å². The van der Waals surface area contributed by atoms with Gasteiger partial charge in [0.1, 0.15) is 17.2 Å². The topological polar surface area (TPSA) is 30.2 Å². The minimum Gasteiger partial charge on any atom is -0.460 e. The summed E-state index contributed by atoms with van der Waals surface area (Å²) in [4.78, 5) is 12.5. The molecule has 1 heterocycles. The molecule has 0 aliphatic rings. The zero-order chi connectivity index (χ0) is 13.4. The van der Waals surface area contributed by atoms with Crippen molar-refractivity contribution >= 4 is 11.0 Å². The van der Waals surface area contributed by atoms with Crippen LogP contribution in [0.2, 0.25) is 0 Å². The number of rotatable bonds is 1. The summed E-state index contributed by atoms with van der Waals surface area (Å²) in [5.74, 6) is 0.00183. The standard InChI is InChI=1S/C16H11FO2/c1-10-15(11-6-2-4-8-13(11)17)16(18)12-7-3-5-9-14(12)19-10/h2-9H,1H3. The van der Waals surface area contributed by atoms with Gasteiger partial charge < -0.3 is 4.42 Å². The molecule has 19 heavy (non-hydrogen) atoms. The summed E-state index contributed by atoms with van der Waals surface area (Å²) in [7, 11) is 0. The fraction of sp³-hybridized carbons (Fsp3) is 0.0625. The number of para-hydroxylation sites is 1. The molecule has 1 aromatic heterocycles. The summed E-state index contributed by atoms with van der Waals surface area (Å²) >= 11 is 0. The predicted octanol–water partition coefficient (Wildman–Crippen LogP) is 3.91. The van der Waals surface area contributed by atoms with E-state index in [1.54, 1.807) is 49.4 Å². The van der Waals surface area contributed by atoms with Gasteiger partial charge in [0, 0.05) is 5.56 Å². The van der Waals surface area contributed by atoms with Crippen molar-refractivity contribution in [1.82, 2.24) is 0 Å². The largest absolute Gasteiger partial charge is 0.460 e. The first-order chi connectivity index (χ1) is 9.18. The van der Waals surface area contributed by atoms with Crippen LogP contribution >= 0.6 is 0 Å². The second kappa shape index (κ2) is 4.35. The van der Waals surface area contributed by atoms with Crippen LogP contribution in [-0.4, -0.2) is 0 Å². The Morgan fingerprint density at radius 1 is 1.00 bits per heavy atom. The Bertz CT molecular complexity index is 818. The molecule has 94 valence electrons. The average molecular weight is 254 g/mol. The van der Waals surface area contributed by atoms with E-state index >= 15 is 0 Å². The molecule has 0 saturated carbocycles. The van der Waals surface area contributed by atoms with Gasteiger partial charge in [0.25, 0.3) is 0 Å². The van der Waals surface area contributed by atoms with Gasteiger partial charge in [-0.3, -0.25) is 4.79 Å². The van der Waals surface area contributed by atoms with E-state index in [0.29, 0.717) is 16.7 Å². The Kier molecular flexibility index (Phi) is 2.67. The molecule has 0 fully saturated rings. The van der Waals surface area contributed by atoms with Gasteiger partial charge >= 0.3 is 0 Å². The summed E-state index contributed by atoms with van der Waals surface area (Å²) in [6.45, 7) is 1.68. The van der Waals surface area contributed by atoms with Crippen molar-refractivity contribution in [3.8, 4) is 11.1 Å². The lowest BCUT2D eigenvalue weighted by Gasteiger charge is -2.07. The monoisotopic (exact) mass is 254 g/mol. The fourth-order valence-electron chi connectivity index (χ4n) is 2.23. The lowest BCUT2D eigenvalue weighted by molar-refractivity contribution is 0.565. The Hall–Kier alpha value is -2.42. The van der Waals surface area contributed by atoms with Crippen LogP contribution < -0.4 is 5.43 Å². The van der Waals surface area contributed by atoms with E-state index in [0.717, 1.165) is 0 Å². The van der Waals surface area contributed by atoms with Crippen LogP contribution in [0.15, 0.2) is 57.7 Å². The second-order valence-corrected chi connectivity index (χ2v) is 4.34. The van der Waals surface area contributed by atoms with Gasteiger partial charge in [-0.15, -0.1) is 0 Å². The smallest absolute Gasteiger partial charge is 0.200 e. The molecule has 3 aromatic rings. The molecule has 0 saturated heterocycles. The Morgan fingerprint density at radius 2 is 1.68 bits per heavy atom. The van der Waals surface area contributed by atoms with E-state index in [2.05, 4.69) is 0 Å². The highest BCUT2D eigenvalue weighted by molar-refractivity contribution is 5.82. The molecule has 0 aliphatic heterocycles. The fourth-order valence-corrected chi connectivity index (χ4v) is 2.23. The minimum atomic E-state index is -0.423. The number of aryl methyl sites for hydroxylation is 1. The first kappa shape index (κ1) is 11.7. The molecule has 0 amide bonds. The third kappa shape index (κ3) is 1.83. The molecule has 0 radical (unpaired) electrons. The second-order valence-electron chi connectivity index (χ2n) is 4.34. The third-order valence-corrected chi connectivity index (χ3v) is 3.12. The Morgan fingerprint density at radius 3 is 2.47 bits per heavy atom. The minimum absolute atomic E-state index is 0.204. The number of fused-ring (bicyclic) bond motifs is 1. The van der Waals surface area contributed by atoms with Gasteiger partial charge in [-0.05, 0) is 25.1 Å². The van der Waals surface area contributed by atoms with Gasteiger partial charge in [0.2, 0.25) is 5.43 Å². The molecule has 0 bridgehead atoms. The van der Waals surface area contributed by atoms with Crippen LogP contribution in [0.25, 0.3) is 22.1 Å². The van der Waals surface area contributed by atoms with Crippen LogP contribution in [0.1, 0.15) is 5.76 Å². The number of hydrogen-bond acceptors (Lipinski definition) is 2. The molecular weight excluding hydrogens is 243 g/mol. The Balaban J connectivity index is 2.43. The van der Waals surface area contributed by atoms with Crippen molar-refractivity contribution in [2.75, 3.05) is 0 Å². The first-order valence-electron chi connectivity index (χ1n) is 5.96. The molecule has 2 aromatic carbocycles. The zero-order valence-corrected chi connectivity index (χ0v) is 10.3. The quantitative estimate of drug-likeness (QED) is 0.659. The molecule has 3 heteroatoms. The summed E-state index contributed by atoms with van der Waals surface area (Å²) in [5, 5.41) is 0.464.